The maximum atomic E-state index is 12.6. The summed E-state index contributed by atoms with van der Waals surface area (Å²) in [6.45, 7) is 1.64. The molecule has 3 aromatic carbocycles. The van der Waals surface area contributed by atoms with Crippen LogP contribution in [0.25, 0.3) is 0 Å². The standard InChI is InChI=1S/C24H19ClF3NO3/c1-16(29-32-14-17-6-10-19(11-7-17)24(26,27)28)18-8-12-20(13-9-18)31-15-23(30)21-4-2-3-5-22(21)25/h2-13H,14-15H2,1H3/b29-16+. The predicted molar refractivity (Wildman–Crippen MR) is 116 cm³/mol. The van der Waals surface area contributed by atoms with Crippen LogP contribution < -0.4 is 4.74 Å². The van der Waals surface area contributed by atoms with Crippen LogP contribution in [0.5, 0.6) is 5.75 Å². The lowest BCUT2D eigenvalue weighted by Gasteiger charge is -2.08. The molecule has 0 unspecified atom stereocenters. The summed E-state index contributed by atoms with van der Waals surface area (Å²) in [5.41, 5.74) is 1.61. The molecule has 4 nitrogen and oxygen atoms in total. The number of ketones is 1. The molecular formula is C24H19ClF3NO3. The minimum atomic E-state index is -4.37. The molecular weight excluding hydrogens is 443 g/mol. The van der Waals surface area contributed by atoms with Gasteiger partial charge in [-0.3, -0.25) is 4.79 Å². The molecule has 8 heteroatoms. The van der Waals surface area contributed by atoms with Gasteiger partial charge in [-0.25, -0.2) is 0 Å². The maximum Gasteiger partial charge on any atom is 0.416 e. The third-order valence-corrected chi connectivity index (χ3v) is 4.86. The van der Waals surface area contributed by atoms with Crippen molar-refractivity contribution >= 4 is 23.1 Å². The number of hydrogen-bond donors (Lipinski definition) is 0. The molecule has 0 aromatic heterocycles. The van der Waals surface area contributed by atoms with Crippen LogP contribution in [0, 0.1) is 0 Å². The minimum absolute atomic E-state index is 0.0425. The SMILES string of the molecule is C/C(=N\OCc1ccc(C(F)(F)F)cc1)c1ccc(OCC(=O)c2ccccc2Cl)cc1. The van der Waals surface area contributed by atoms with E-state index in [1.54, 1.807) is 55.5 Å². The predicted octanol–water partition coefficient (Wildman–Crippen LogP) is 6.56. The van der Waals surface area contributed by atoms with Gasteiger partial charge in [0.15, 0.2) is 6.61 Å². The molecule has 0 saturated heterocycles. The molecule has 0 saturated carbocycles. The fraction of sp³-hybridized carbons (Fsp3) is 0.167. The first-order chi connectivity index (χ1) is 15.2. The van der Waals surface area contributed by atoms with E-state index in [9.17, 15) is 18.0 Å². The quantitative estimate of drug-likeness (QED) is 0.217. The van der Waals surface area contributed by atoms with E-state index in [1.807, 2.05) is 0 Å². The number of nitrogens with zero attached hydrogens (tertiary/aromatic N) is 1. The first-order valence-electron chi connectivity index (χ1n) is 9.57. The van der Waals surface area contributed by atoms with Crippen molar-refractivity contribution in [2.45, 2.75) is 19.7 Å². The second-order valence-electron chi connectivity index (χ2n) is 6.86. The summed E-state index contributed by atoms with van der Waals surface area (Å²) >= 11 is 6.02. The van der Waals surface area contributed by atoms with Gasteiger partial charge in [0, 0.05) is 5.56 Å². The molecule has 0 spiro atoms. The van der Waals surface area contributed by atoms with Crippen molar-refractivity contribution in [3.05, 3.63) is 100 Å². The Kier molecular flexibility index (Phi) is 7.53. The van der Waals surface area contributed by atoms with Crippen LogP contribution in [0.15, 0.2) is 78.0 Å². The Hall–Kier alpha value is -3.32. The highest BCUT2D eigenvalue weighted by atomic mass is 35.5. The number of carbonyl (C=O) groups is 1. The average Bonchev–Trinajstić information content (AvgIpc) is 2.78. The number of benzene rings is 3. The molecule has 0 radical (unpaired) electrons. The third-order valence-electron chi connectivity index (χ3n) is 4.53. The van der Waals surface area contributed by atoms with E-state index in [0.717, 1.165) is 17.7 Å². The first-order valence-corrected chi connectivity index (χ1v) is 9.95. The zero-order chi connectivity index (χ0) is 23.1. The summed E-state index contributed by atoms with van der Waals surface area (Å²) in [6, 6.07) is 18.4. The van der Waals surface area contributed by atoms with Gasteiger partial charge in [0.25, 0.3) is 0 Å². The summed E-state index contributed by atoms with van der Waals surface area (Å²) in [4.78, 5) is 17.5. The van der Waals surface area contributed by atoms with Gasteiger partial charge in [0.2, 0.25) is 5.78 Å². The lowest BCUT2D eigenvalue weighted by atomic mass is 10.1. The largest absolute Gasteiger partial charge is 0.485 e. The molecule has 0 heterocycles. The molecule has 0 aliphatic rings. The van der Waals surface area contributed by atoms with Crippen molar-refractivity contribution in [2.24, 2.45) is 5.16 Å². The summed E-state index contributed by atoms with van der Waals surface area (Å²) in [5, 5.41) is 4.37. The highest BCUT2D eigenvalue weighted by molar-refractivity contribution is 6.34. The number of ether oxygens (including phenoxy) is 1. The summed E-state index contributed by atoms with van der Waals surface area (Å²) in [7, 11) is 0. The lowest BCUT2D eigenvalue weighted by molar-refractivity contribution is -0.137. The zero-order valence-electron chi connectivity index (χ0n) is 17.0. The highest BCUT2D eigenvalue weighted by Gasteiger charge is 2.29. The highest BCUT2D eigenvalue weighted by Crippen LogP contribution is 2.29. The smallest absolute Gasteiger partial charge is 0.416 e. The summed E-state index contributed by atoms with van der Waals surface area (Å²) in [5.74, 6) is 0.279. The normalized spacial score (nSPS) is 11.8. The van der Waals surface area contributed by atoms with Gasteiger partial charge in [-0.15, -0.1) is 0 Å². The van der Waals surface area contributed by atoms with Crippen molar-refractivity contribution < 1.29 is 27.5 Å². The van der Waals surface area contributed by atoms with Gasteiger partial charge < -0.3 is 9.57 Å². The summed E-state index contributed by atoms with van der Waals surface area (Å²) in [6.07, 6.45) is -4.37. The third kappa shape index (κ3) is 6.34. The number of halogens is 4. The zero-order valence-corrected chi connectivity index (χ0v) is 17.8. The molecule has 0 aliphatic heterocycles. The molecule has 0 fully saturated rings. The molecule has 0 amide bonds. The number of oxime groups is 1. The Morgan fingerprint density at radius 2 is 1.62 bits per heavy atom. The van der Waals surface area contributed by atoms with E-state index < -0.39 is 11.7 Å². The number of alkyl halides is 3. The van der Waals surface area contributed by atoms with Crippen molar-refractivity contribution in [3.63, 3.8) is 0 Å². The van der Waals surface area contributed by atoms with Crippen LogP contribution in [0.1, 0.15) is 34.0 Å². The van der Waals surface area contributed by atoms with E-state index in [4.69, 9.17) is 21.2 Å². The van der Waals surface area contributed by atoms with Crippen LogP contribution >= 0.6 is 11.6 Å². The Balaban J connectivity index is 1.52. The number of rotatable bonds is 8. The van der Waals surface area contributed by atoms with Gasteiger partial charge in [-0.2, -0.15) is 13.2 Å². The van der Waals surface area contributed by atoms with Gasteiger partial charge in [-0.05, 0) is 66.6 Å². The van der Waals surface area contributed by atoms with Crippen molar-refractivity contribution in [1.82, 2.24) is 0 Å². The maximum absolute atomic E-state index is 12.6. The van der Waals surface area contributed by atoms with Gasteiger partial charge in [-0.1, -0.05) is 41.0 Å². The molecule has 32 heavy (non-hydrogen) atoms. The second kappa shape index (κ2) is 10.3. The van der Waals surface area contributed by atoms with Crippen molar-refractivity contribution in [1.29, 1.82) is 0 Å². The molecule has 0 bridgehead atoms. The Labute approximate surface area is 188 Å². The van der Waals surface area contributed by atoms with Crippen LogP contribution in [0.2, 0.25) is 5.02 Å². The van der Waals surface area contributed by atoms with Crippen molar-refractivity contribution in [2.75, 3.05) is 6.61 Å². The molecule has 3 rings (SSSR count). The Bertz CT molecular complexity index is 1090. The topological polar surface area (TPSA) is 47.9 Å². The Morgan fingerprint density at radius 3 is 2.25 bits per heavy atom. The lowest BCUT2D eigenvalue weighted by Crippen LogP contribution is -2.12. The van der Waals surface area contributed by atoms with E-state index in [2.05, 4.69) is 5.16 Å². The number of Topliss-reactive ketones (excluding diaryl/α,β-unsaturated/α-hetero) is 1. The van der Waals surface area contributed by atoms with E-state index >= 15 is 0 Å². The van der Waals surface area contributed by atoms with Crippen LogP contribution in [-0.4, -0.2) is 18.1 Å². The summed E-state index contributed by atoms with van der Waals surface area (Å²) < 4.78 is 43.3. The molecule has 0 N–H and O–H groups in total. The molecule has 0 atom stereocenters. The van der Waals surface area contributed by atoms with Crippen LogP contribution in [0.3, 0.4) is 0 Å². The molecule has 0 aliphatic carbocycles. The van der Waals surface area contributed by atoms with Crippen molar-refractivity contribution in [3.8, 4) is 5.75 Å². The monoisotopic (exact) mass is 461 g/mol. The Morgan fingerprint density at radius 1 is 0.969 bits per heavy atom. The average molecular weight is 462 g/mol. The minimum Gasteiger partial charge on any atom is -0.485 e. The number of hydrogen-bond acceptors (Lipinski definition) is 4. The number of carbonyl (C=O) groups excluding carboxylic acids is 1. The van der Waals surface area contributed by atoms with E-state index in [1.165, 1.54) is 12.1 Å². The fourth-order valence-corrected chi connectivity index (χ4v) is 2.99. The first kappa shape index (κ1) is 23.3. The van der Waals surface area contributed by atoms with E-state index in [0.29, 0.717) is 27.6 Å². The second-order valence-corrected chi connectivity index (χ2v) is 7.27. The van der Waals surface area contributed by atoms with Gasteiger partial charge in [0.05, 0.1) is 16.3 Å². The molecule has 166 valence electrons. The van der Waals surface area contributed by atoms with Crippen LogP contribution in [0.4, 0.5) is 13.2 Å². The van der Waals surface area contributed by atoms with E-state index in [-0.39, 0.29) is 19.0 Å². The molecule has 3 aromatic rings. The van der Waals surface area contributed by atoms with Gasteiger partial charge in [0.1, 0.15) is 12.4 Å². The fourth-order valence-electron chi connectivity index (χ4n) is 2.75. The van der Waals surface area contributed by atoms with Crippen LogP contribution in [-0.2, 0) is 17.6 Å². The van der Waals surface area contributed by atoms with Gasteiger partial charge >= 0.3 is 6.18 Å².